The van der Waals surface area contributed by atoms with Crippen molar-refractivity contribution in [3.63, 3.8) is 0 Å². The number of hydrogen-bond acceptors (Lipinski definition) is 10. The van der Waals surface area contributed by atoms with E-state index in [0.717, 1.165) is 5.57 Å². The lowest BCUT2D eigenvalue weighted by atomic mass is 9.73. The van der Waals surface area contributed by atoms with Gasteiger partial charge in [0.05, 0.1) is 24.4 Å². The van der Waals surface area contributed by atoms with Gasteiger partial charge in [-0.2, -0.15) is 0 Å². The van der Waals surface area contributed by atoms with Gasteiger partial charge in [-0.3, -0.25) is 9.59 Å². The number of carbonyl (C=O) groups is 2. The number of fused-ring (bicyclic) bond motifs is 15. The van der Waals surface area contributed by atoms with E-state index in [2.05, 4.69) is 25.7 Å². The fraction of sp³-hybridized carbons (Fsp3) is 0.882. The summed E-state index contributed by atoms with van der Waals surface area (Å²) in [6, 6.07) is -0.258. The minimum Gasteiger partial charge on any atom is -0.459 e. The van der Waals surface area contributed by atoms with Crippen molar-refractivity contribution in [2.24, 2.45) is 23.7 Å². The Hall–Kier alpha value is -1.40. The fourth-order valence-electron chi connectivity index (χ4n) is 7.66. The van der Waals surface area contributed by atoms with Crippen LogP contribution in [0.2, 0.25) is 0 Å². The number of nitrogens with zero attached hydrogens (tertiary/aromatic N) is 1. The average Bonchev–Trinajstić information content (AvgIpc) is 2.95. The van der Waals surface area contributed by atoms with Crippen LogP contribution >= 0.6 is 0 Å². The number of ether oxygens (including phenoxy) is 4. The van der Waals surface area contributed by atoms with Gasteiger partial charge < -0.3 is 39.4 Å². The highest BCUT2D eigenvalue weighted by atomic mass is 16.7. The van der Waals surface area contributed by atoms with E-state index < -0.39 is 53.6 Å². The average molecular weight is 625 g/mol. The Kier molecular flexibility index (Phi) is 12.6. The topological polar surface area (TPSA) is 127 Å². The first kappa shape index (κ1) is 37.1. The van der Waals surface area contributed by atoms with Gasteiger partial charge in [0.1, 0.15) is 23.7 Å². The first-order chi connectivity index (χ1) is 20.4. The van der Waals surface area contributed by atoms with E-state index in [1.165, 1.54) is 0 Å². The molecule has 0 unspecified atom stereocenters. The van der Waals surface area contributed by atoms with E-state index >= 15 is 0 Å². The zero-order chi connectivity index (χ0) is 33.1. The standard InChI is InChI=1S/C34H60N2O8/c1-12-27-34(9,40)25-14-13-19(2)18-41-33(8,16-21(4)35-17-20(25)3)30(23(6)28(37)24(7)31(39)43-27)44-32-29(38)26(36(10)11)15-22(5)42-32/h20-27,29-30,32,35,38,40H,2,12-18H2,1,3-11H3/t20-,21+,22+,23-,24+,25+,26-,27+,29+,30+,32-,33+,34-/m0/s1. The van der Waals surface area contributed by atoms with Crippen LogP contribution in [-0.2, 0) is 28.5 Å². The number of nitrogens with one attached hydrogen (secondary N) is 1. The van der Waals surface area contributed by atoms with E-state index in [1.807, 2.05) is 39.8 Å². The van der Waals surface area contributed by atoms with Crippen LogP contribution in [0.25, 0.3) is 0 Å². The van der Waals surface area contributed by atoms with Crippen LogP contribution in [-0.4, -0.2) is 108 Å². The highest BCUT2D eigenvalue weighted by Crippen LogP contribution is 2.39. The van der Waals surface area contributed by atoms with Gasteiger partial charge in [0.25, 0.3) is 0 Å². The predicted octanol–water partition coefficient (Wildman–Crippen LogP) is 3.47. The Morgan fingerprint density at radius 2 is 1.80 bits per heavy atom. The number of carbonyl (C=O) groups excluding carboxylic acids is 2. The van der Waals surface area contributed by atoms with E-state index in [-0.39, 0.29) is 42.4 Å². The van der Waals surface area contributed by atoms with Crippen LogP contribution < -0.4 is 5.32 Å². The molecule has 254 valence electrons. The van der Waals surface area contributed by atoms with Crippen LogP contribution in [0.3, 0.4) is 0 Å². The first-order valence-corrected chi connectivity index (χ1v) is 16.6. The minimum absolute atomic E-state index is 0.0463. The van der Waals surface area contributed by atoms with E-state index in [4.69, 9.17) is 18.9 Å². The molecule has 0 aliphatic carbocycles. The van der Waals surface area contributed by atoms with Gasteiger partial charge in [-0.15, -0.1) is 0 Å². The Morgan fingerprint density at radius 3 is 2.41 bits per heavy atom. The summed E-state index contributed by atoms with van der Waals surface area (Å²) in [4.78, 5) is 29.6. The number of esters is 1. The molecular weight excluding hydrogens is 564 g/mol. The minimum atomic E-state index is -1.33. The van der Waals surface area contributed by atoms with Crippen LogP contribution in [0.15, 0.2) is 12.2 Å². The second-order valence-electron chi connectivity index (χ2n) is 14.6. The summed E-state index contributed by atoms with van der Waals surface area (Å²) in [5.41, 5.74) is -1.49. The summed E-state index contributed by atoms with van der Waals surface area (Å²) < 4.78 is 25.5. The van der Waals surface area contributed by atoms with Gasteiger partial charge in [-0.05, 0) is 99.2 Å². The molecule has 4 aliphatic heterocycles. The predicted molar refractivity (Wildman–Crippen MR) is 169 cm³/mol. The van der Waals surface area contributed by atoms with Crippen LogP contribution in [0.1, 0.15) is 87.5 Å². The monoisotopic (exact) mass is 624 g/mol. The second kappa shape index (κ2) is 15.0. The largest absolute Gasteiger partial charge is 0.459 e. The van der Waals surface area contributed by atoms with E-state index in [1.54, 1.807) is 20.8 Å². The lowest BCUT2D eigenvalue weighted by molar-refractivity contribution is -0.296. The molecular formula is C34H60N2O8. The molecule has 0 aromatic rings. The van der Waals surface area contributed by atoms with Crippen molar-refractivity contribution in [3.8, 4) is 0 Å². The molecule has 44 heavy (non-hydrogen) atoms. The molecule has 0 spiro atoms. The van der Waals surface area contributed by atoms with Crippen molar-refractivity contribution in [1.29, 1.82) is 0 Å². The van der Waals surface area contributed by atoms with Crippen LogP contribution in [0, 0.1) is 23.7 Å². The molecule has 4 heterocycles. The van der Waals surface area contributed by atoms with Gasteiger partial charge in [-0.25, -0.2) is 0 Å². The number of aliphatic hydroxyl groups excluding tert-OH is 1. The Morgan fingerprint density at radius 1 is 1.14 bits per heavy atom. The maximum atomic E-state index is 14.1. The third-order valence-corrected chi connectivity index (χ3v) is 10.5. The molecule has 10 heteroatoms. The summed E-state index contributed by atoms with van der Waals surface area (Å²) in [6.45, 7) is 20.2. The Balaban J connectivity index is 2.15. The molecule has 0 saturated carbocycles. The summed E-state index contributed by atoms with van der Waals surface area (Å²) in [7, 11) is 3.82. The molecule has 13 atom stereocenters. The molecule has 0 radical (unpaired) electrons. The van der Waals surface area contributed by atoms with Gasteiger partial charge in [-0.1, -0.05) is 32.9 Å². The molecule has 0 amide bonds. The van der Waals surface area contributed by atoms with Crippen molar-refractivity contribution in [2.75, 3.05) is 27.2 Å². The number of Topliss-reactive ketones (excluding diaryl/α,β-unsaturated/α-hetero) is 1. The van der Waals surface area contributed by atoms with Crippen molar-refractivity contribution in [1.82, 2.24) is 10.2 Å². The molecule has 4 rings (SSSR count). The molecule has 0 aromatic carbocycles. The van der Waals surface area contributed by atoms with Crippen molar-refractivity contribution >= 4 is 11.8 Å². The molecule has 0 aromatic heterocycles. The number of ketones is 1. The van der Waals surface area contributed by atoms with Gasteiger partial charge in [0.15, 0.2) is 12.1 Å². The second-order valence-corrected chi connectivity index (χ2v) is 14.6. The Bertz CT molecular complexity index is 1000. The molecule has 10 nitrogen and oxygen atoms in total. The maximum absolute atomic E-state index is 14.1. The quantitative estimate of drug-likeness (QED) is 0.243. The SMILES string of the molecule is C=C1CC[C@@H]2[C@@H](C)CN[C@H](C)C[C@@](C)(OC1)[C@H](O[C@@H]1O[C@H](C)C[C@H](N(C)C)[C@H]1O)[C@@H](C)C(=O)[C@@H](C)C(=O)O[C@H](CC)[C@@]2(C)O. The van der Waals surface area contributed by atoms with E-state index in [0.29, 0.717) is 38.6 Å². The van der Waals surface area contributed by atoms with Gasteiger partial charge in [0, 0.05) is 18.0 Å². The normalized spacial score (nSPS) is 45.6. The zero-order valence-electron chi connectivity index (χ0n) is 28.8. The lowest BCUT2D eigenvalue weighted by Gasteiger charge is -2.47. The smallest absolute Gasteiger partial charge is 0.316 e. The number of hydrogen-bond donors (Lipinski definition) is 3. The highest BCUT2D eigenvalue weighted by Gasteiger charge is 2.50. The maximum Gasteiger partial charge on any atom is 0.316 e. The van der Waals surface area contributed by atoms with Crippen molar-refractivity contribution in [3.05, 3.63) is 12.2 Å². The molecule has 4 aliphatic rings. The number of aliphatic hydroxyl groups is 2. The summed E-state index contributed by atoms with van der Waals surface area (Å²) in [5, 5.41) is 27.0. The lowest BCUT2D eigenvalue weighted by Crippen LogP contribution is -2.59. The first-order valence-electron chi connectivity index (χ1n) is 16.6. The van der Waals surface area contributed by atoms with E-state index in [9.17, 15) is 19.8 Å². The number of likely N-dealkylation sites (N-methyl/N-ethyl adjacent to an activating group) is 1. The fourth-order valence-corrected chi connectivity index (χ4v) is 7.66. The molecule has 3 N–H and O–H groups in total. The van der Waals surface area contributed by atoms with Crippen molar-refractivity contribution in [2.45, 2.75) is 141 Å². The summed E-state index contributed by atoms with van der Waals surface area (Å²) in [6.07, 6.45) is -1.07. The molecule has 4 fully saturated rings. The zero-order valence-corrected chi connectivity index (χ0v) is 28.8. The number of rotatable bonds is 4. The summed E-state index contributed by atoms with van der Waals surface area (Å²) in [5.74, 6) is -3.11. The van der Waals surface area contributed by atoms with Crippen LogP contribution in [0.5, 0.6) is 0 Å². The third kappa shape index (κ3) is 8.30. The highest BCUT2D eigenvalue weighted by molar-refractivity contribution is 6.00. The van der Waals surface area contributed by atoms with Crippen molar-refractivity contribution < 1.29 is 38.7 Å². The van der Waals surface area contributed by atoms with Crippen LogP contribution in [0.4, 0.5) is 0 Å². The Labute approximate surface area is 265 Å². The molecule has 2 bridgehead atoms. The van der Waals surface area contributed by atoms with Gasteiger partial charge >= 0.3 is 5.97 Å². The third-order valence-electron chi connectivity index (χ3n) is 10.5. The van der Waals surface area contributed by atoms with Gasteiger partial charge in [0.2, 0.25) is 0 Å². The molecule has 4 saturated heterocycles. The summed E-state index contributed by atoms with van der Waals surface area (Å²) >= 11 is 0.